The zero-order chi connectivity index (χ0) is 16.8. The number of morpholine rings is 1. The average Bonchev–Trinajstić information content (AvgIpc) is 2.58. The minimum absolute atomic E-state index is 0.0363. The highest BCUT2D eigenvalue weighted by Crippen LogP contribution is 2.43. The molecule has 126 valence electrons. The van der Waals surface area contributed by atoms with Crippen LogP contribution in [0, 0.1) is 20.8 Å². The summed E-state index contributed by atoms with van der Waals surface area (Å²) in [5, 5.41) is 10.2. The number of aromatic hydroxyl groups is 1. The van der Waals surface area contributed by atoms with E-state index in [-0.39, 0.29) is 5.91 Å². The zero-order valence-electron chi connectivity index (χ0n) is 14.4. The Kier molecular flexibility index (Phi) is 4.00. The van der Waals surface area contributed by atoms with Crippen LogP contribution in [0.4, 0.5) is 0 Å². The van der Waals surface area contributed by atoms with Gasteiger partial charge in [-0.15, -0.1) is 0 Å². The molecule has 0 aliphatic carbocycles. The van der Waals surface area contributed by atoms with E-state index in [1.807, 2.05) is 32.6 Å². The first-order chi connectivity index (χ1) is 10.8. The molecular weight excluding hydrogens is 294 g/mol. The molecule has 0 radical (unpaired) electrons. The van der Waals surface area contributed by atoms with Gasteiger partial charge in [-0.2, -0.15) is 0 Å². The molecule has 1 aromatic carbocycles. The van der Waals surface area contributed by atoms with Crippen molar-refractivity contribution in [1.82, 2.24) is 4.90 Å². The summed E-state index contributed by atoms with van der Waals surface area (Å²) < 4.78 is 11.6. The number of hydrogen-bond donors (Lipinski definition) is 1. The SMILES string of the molecule is Cc1c(C)c2c(c(C)c1O)CC[C@](C)(C(=O)N1CCOCC1)O2. The lowest BCUT2D eigenvalue weighted by Gasteiger charge is -2.40. The van der Waals surface area contributed by atoms with Gasteiger partial charge in [-0.25, -0.2) is 0 Å². The van der Waals surface area contributed by atoms with Gasteiger partial charge in [0.05, 0.1) is 13.2 Å². The van der Waals surface area contributed by atoms with Crippen molar-refractivity contribution in [3.05, 3.63) is 22.3 Å². The lowest BCUT2D eigenvalue weighted by molar-refractivity contribution is -0.152. The Morgan fingerprint density at radius 3 is 2.43 bits per heavy atom. The molecular formula is C18H25NO4. The highest BCUT2D eigenvalue weighted by Gasteiger charge is 2.43. The average molecular weight is 319 g/mol. The predicted octanol–water partition coefficient (Wildman–Crippen LogP) is 2.26. The van der Waals surface area contributed by atoms with E-state index in [0.29, 0.717) is 38.5 Å². The molecule has 2 aliphatic heterocycles. The lowest BCUT2D eigenvalue weighted by atomic mass is 9.86. The van der Waals surface area contributed by atoms with Crippen molar-refractivity contribution in [2.24, 2.45) is 0 Å². The van der Waals surface area contributed by atoms with E-state index in [1.165, 1.54) is 0 Å². The van der Waals surface area contributed by atoms with Gasteiger partial charge < -0.3 is 19.5 Å². The quantitative estimate of drug-likeness (QED) is 0.862. The fraction of sp³-hybridized carbons (Fsp3) is 0.611. The number of fused-ring (bicyclic) bond motifs is 1. The van der Waals surface area contributed by atoms with Gasteiger partial charge in [0.25, 0.3) is 5.91 Å². The maximum Gasteiger partial charge on any atom is 0.266 e. The molecule has 1 fully saturated rings. The summed E-state index contributed by atoms with van der Waals surface area (Å²) in [6, 6.07) is 0. The maximum absolute atomic E-state index is 12.9. The number of hydrogen-bond acceptors (Lipinski definition) is 4. The van der Waals surface area contributed by atoms with E-state index in [9.17, 15) is 9.90 Å². The second-order valence-corrected chi connectivity index (χ2v) is 6.77. The molecule has 1 saturated heterocycles. The van der Waals surface area contributed by atoms with Crippen molar-refractivity contribution in [2.75, 3.05) is 26.3 Å². The first kappa shape index (κ1) is 16.1. The van der Waals surface area contributed by atoms with Crippen molar-refractivity contribution >= 4 is 5.91 Å². The number of amides is 1. The summed E-state index contributed by atoms with van der Waals surface area (Å²) in [6.07, 6.45) is 1.36. The first-order valence-electron chi connectivity index (χ1n) is 8.23. The van der Waals surface area contributed by atoms with E-state index >= 15 is 0 Å². The summed E-state index contributed by atoms with van der Waals surface area (Å²) >= 11 is 0. The topological polar surface area (TPSA) is 59.0 Å². The van der Waals surface area contributed by atoms with Gasteiger partial charge in [0.15, 0.2) is 5.60 Å². The molecule has 0 spiro atoms. The Morgan fingerprint density at radius 1 is 1.13 bits per heavy atom. The standard InChI is InChI=1S/C18H25NO4/c1-11-12(2)16-14(13(3)15(11)20)5-6-18(4,23-16)17(21)19-7-9-22-10-8-19/h20H,5-10H2,1-4H3/t18-/m1/s1. The van der Waals surface area contributed by atoms with Crippen LogP contribution in [0.3, 0.4) is 0 Å². The molecule has 3 rings (SSSR count). The van der Waals surface area contributed by atoms with Crippen LogP contribution in [0.15, 0.2) is 0 Å². The van der Waals surface area contributed by atoms with Crippen molar-refractivity contribution in [2.45, 2.75) is 46.1 Å². The number of phenols is 1. The van der Waals surface area contributed by atoms with Crippen molar-refractivity contribution in [1.29, 1.82) is 0 Å². The molecule has 1 aromatic rings. The molecule has 0 unspecified atom stereocenters. The van der Waals surface area contributed by atoms with E-state index in [1.54, 1.807) is 0 Å². The highest BCUT2D eigenvalue weighted by atomic mass is 16.5. The van der Waals surface area contributed by atoms with Crippen LogP contribution in [0.5, 0.6) is 11.5 Å². The molecule has 0 bridgehead atoms. The molecule has 1 atom stereocenters. The van der Waals surface area contributed by atoms with Crippen LogP contribution in [0.1, 0.15) is 35.6 Å². The molecule has 23 heavy (non-hydrogen) atoms. The van der Waals surface area contributed by atoms with E-state index in [4.69, 9.17) is 9.47 Å². The van der Waals surface area contributed by atoms with Gasteiger partial charge in [-0.3, -0.25) is 4.79 Å². The van der Waals surface area contributed by atoms with Crippen LogP contribution < -0.4 is 4.74 Å². The second kappa shape index (κ2) is 5.71. The Bertz CT molecular complexity index is 649. The summed E-state index contributed by atoms with van der Waals surface area (Å²) in [7, 11) is 0. The van der Waals surface area contributed by atoms with Crippen molar-refractivity contribution < 1.29 is 19.4 Å². The number of phenolic OH excluding ortho intramolecular Hbond substituents is 1. The fourth-order valence-electron chi connectivity index (χ4n) is 3.50. The summed E-state index contributed by atoms with van der Waals surface area (Å²) in [6.45, 7) is 10.0. The Morgan fingerprint density at radius 2 is 1.78 bits per heavy atom. The third-order valence-corrected chi connectivity index (χ3v) is 5.27. The maximum atomic E-state index is 12.9. The van der Waals surface area contributed by atoms with E-state index in [0.717, 1.165) is 34.4 Å². The van der Waals surface area contributed by atoms with E-state index < -0.39 is 5.60 Å². The summed E-state index contributed by atoms with van der Waals surface area (Å²) in [5.74, 6) is 1.15. The van der Waals surface area contributed by atoms with Crippen molar-refractivity contribution in [3.8, 4) is 11.5 Å². The monoisotopic (exact) mass is 319 g/mol. The minimum atomic E-state index is -0.842. The van der Waals surface area contributed by atoms with Gasteiger partial charge in [0, 0.05) is 25.1 Å². The Balaban J connectivity index is 1.94. The number of benzene rings is 1. The van der Waals surface area contributed by atoms with Crippen LogP contribution in [0.25, 0.3) is 0 Å². The van der Waals surface area contributed by atoms with Crippen LogP contribution in [-0.4, -0.2) is 47.8 Å². The Labute approximate surface area is 137 Å². The second-order valence-electron chi connectivity index (χ2n) is 6.77. The van der Waals surface area contributed by atoms with Gasteiger partial charge in [0.2, 0.25) is 0 Å². The molecule has 2 aliphatic rings. The van der Waals surface area contributed by atoms with E-state index in [2.05, 4.69) is 0 Å². The van der Waals surface area contributed by atoms with Crippen LogP contribution >= 0.6 is 0 Å². The van der Waals surface area contributed by atoms with Crippen LogP contribution in [-0.2, 0) is 16.0 Å². The van der Waals surface area contributed by atoms with Gasteiger partial charge >= 0.3 is 0 Å². The molecule has 1 N–H and O–H groups in total. The largest absolute Gasteiger partial charge is 0.507 e. The number of nitrogens with zero attached hydrogens (tertiary/aromatic N) is 1. The third-order valence-electron chi connectivity index (χ3n) is 5.27. The van der Waals surface area contributed by atoms with Gasteiger partial charge in [-0.1, -0.05) is 0 Å². The number of ether oxygens (including phenoxy) is 2. The number of carbonyl (C=O) groups excluding carboxylic acids is 1. The molecule has 1 amide bonds. The Hall–Kier alpha value is -1.75. The third kappa shape index (κ3) is 2.57. The number of carbonyl (C=O) groups is 1. The molecule has 0 saturated carbocycles. The van der Waals surface area contributed by atoms with Crippen LogP contribution in [0.2, 0.25) is 0 Å². The normalized spacial score (nSPS) is 24.1. The molecule has 2 heterocycles. The first-order valence-corrected chi connectivity index (χ1v) is 8.23. The minimum Gasteiger partial charge on any atom is -0.507 e. The molecule has 5 heteroatoms. The number of rotatable bonds is 1. The smallest absolute Gasteiger partial charge is 0.266 e. The molecule has 5 nitrogen and oxygen atoms in total. The van der Waals surface area contributed by atoms with Gasteiger partial charge in [0.1, 0.15) is 11.5 Å². The zero-order valence-corrected chi connectivity index (χ0v) is 14.4. The predicted molar refractivity (Wildman–Crippen MR) is 87.1 cm³/mol. The van der Waals surface area contributed by atoms with Gasteiger partial charge in [-0.05, 0) is 50.8 Å². The highest BCUT2D eigenvalue weighted by molar-refractivity contribution is 5.86. The van der Waals surface area contributed by atoms with Crippen molar-refractivity contribution in [3.63, 3.8) is 0 Å². The summed E-state index contributed by atoms with van der Waals surface area (Å²) in [4.78, 5) is 14.8. The molecule has 0 aromatic heterocycles. The fourth-order valence-corrected chi connectivity index (χ4v) is 3.50. The summed E-state index contributed by atoms with van der Waals surface area (Å²) in [5.41, 5.74) is 2.79. The lowest BCUT2D eigenvalue weighted by Crippen LogP contribution is -2.55.